The molecule has 0 fully saturated rings. The summed E-state index contributed by atoms with van der Waals surface area (Å²) < 4.78 is 12.8. The van der Waals surface area contributed by atoms with Gasteiger partial charge in [-0.25, -0.2) is 4.68 Å². The molecular formula is C17H19BrN4O2. The van der Waals surface area contributed by atoms with Crippen LogP contribution >= 0.6 is 15.9 Å². The number of aromatic nitrogens is 2. The van der Waals surface area contributed by atoms with E-state index >= 15 is 0 Å². The van der Waals surface area contributed by atoms with E-state index in [1.807, 2.05) is 36.5 Å². The maximum atomic E-state index is 5.70. The van der Waals surface area contributed by atoms with Crippen LogP contribution in [0.1, 0.15) is 0 Å². The van der Waals surface area contributed by atoms with Gasteiger partial charge in [0.2, 0.25) is 0 Å². The SMILES string of the molecule is COc1cc(-n2cccn2)ccc1N.COc1cc(Br)ccc1N. The van der Waals surface area contributed by atoms with Crippen LogP contribution in [0.15, 0.2) is 59.3 Å². The van der Waals surface area contributed by atoms with Crippen LogP contribution in [0.4, 0.5) is 11.4 Å². The van der Waals surface area contributed by atoms with Crippen molar-refractivity contribution in [3.63, 3.8) is 0 Å². The van der Waals surface area contributed by atoms with Crippen LogP contribution in [-0.4, -0.2) is 24.0 Å². The highest BCUT2D eigenvalue weighted by Crippen LogP contribution is 2.25. The van der Waals surface area contributed by atoms with Gasteiger partial charge in [0.1, 0.15) is 11.5 Å². The molecule has 3 aromatic rings. The van der Waals surface area contributed by atoms with Crippen molar-refractivity contribution < 1.29 is 9.47 Å². The molecule has 0 radical (unpaired) electrons. The van der Waals surface area contributed by atoms with E-state index in [9.17, 15) is 0 Å². The lowest BCUT2D eigenvalue weighted by molar-refractivity contribution is 0.416. The van der Waals surface area contributed by atoms with E-state index in [-0.39, 0.29) is 0 Å². The number of halogens is 1. The maximum absolute atomic E-state index is 5.70. The smallest absolute Gasteiger partial charge is 0.143 e. The molecule has 0 saturated heterocycles. The van der Waals surface area contributed by atoms with Crippen molar-refractivity contribution in [2.24, 2.45) is 0 Å². The third-order valence-electron chi connectivity index (χ3n) is 3.18. The monoisotopic (exact) mass is 390 g/mol. The average molecular weight is 391 g/mol. The number of nitrogens with two attached hydrogens (primary N) is 2. The van der Waals surface area contributed by atoms with Crippen LogP contribution in [0, 0.1) is 0 Å². The van der Waals surface area contributed by atoms with E-state index in [0.29, 0.717) is 22.9 Å². The fraction of sp³-hybridized carbons (Fsp3) is 0.118. The molecule has 0 aliphatic rings. The minimum Gasteiger partial charge on any atom is -0.495 e. The zero-order chi connectivity index (χ0) is 17.5. The lowest BCUT2D eigenvalue weighted by Gasteiger charge is -2.07. The van der Waals surface area contributed by atoms with Gasteiger partial charge in [0.05, 0.1) is 31.3 Å². The first kappa shape index (κ1) is 17.7. The third kappa shape index (κ3) is 4.42. The van der Waals surface area contributed by atoms with Gasteiger partial charge in [0.15, 0.2) is 0 Å². The van der Waals surface area contributed by atoms with Crippen LogP contribution in [0.25, 0.3) is 5.69 Å². The fourth-order valence-corrected chi connectivity index (χ4v) is 2.29. The van der Waals surface area contributed by atoms with Crippen molar-refractivity contribution in [1.29, 1.82) is 0 Å². The largest absolute Gasteiger partial charge is 0.495 e. The summed E-state index contributed by atoms with van der Waals surface area (Å²) in [6.07, 6.45) is 3.59. The Morgan fingerprint density at radius 3 is 2.12 bits per heavy atom. The summed E-state index contributed by atoms with van der Waals surface area (Å²) in [7, 11) is 3.19. The van der Waals surface area contributed by atoms with Crippen molar-refractivity contribution in [2.75, 3.05) is 25.7 Å². The molecule has 4 N–H and O–H groups in total. The topological polar surface area (TPSA) is 88.3 Å². The molecule has 1 heterocycles. The van der Waals surface area contributed by atoms with Crippen molar-refractivity contribution in [3.05, 3.63) is 59.3 Å². The predicted molar refractivity (Wildman–Crippen MR) is 99.6 cm³/mol. The molecule has 24 heavy (non-hydrogen) atoms. The first-order valence-electron chi connectivity index (χ1n) is 7.07. The molecule has 3 rings (SSSR count). The number of rotatable bonds is 3. The van der Waals surface area contributed by atoms with E-state index < -0.39 is 0 Å². The Hall–Kier alpha value is -2.67. The fourth-order valence-electron chi connectivity index (χ4n) is 1.95. The minimum atomic E-state index is 0.628. The number of anilines is 2. The quantitative estimate of drug-likeness (QED) is 0.668. The van der Waals surface area contributed by atoms with Gasteiger partial charge >= 0.3 is 0 Å². The van der Waals surface area contributed by atoms with Crippen molar-refractivity contribution in [1.82, 2.24) is 9.78 Å². The van der Waals surface area contributed by atoms with E-state index in [1.54, 1.807) is 37.2 Å². The van der Waals surface area contributed by atoms with Crippen LogP contribution in [0.3, 0.4) is 0 Å². The molecule has 0 saturated carbocycles. The van der Waals surface area contributed by atoms with Crippen LogP contribution in [0.2, 0.25) is 0 Å². The standard InChI is InChI=1S/C10H11N3O.C7H8BrNO/c1-14-10-7-8(3-4-9(10)11)13-6-2-5-12-13;1-10-7-4-5(8)2-3-6(7)9/h2-7H,11H2,1H3;2-4H,9H2,1H3. The molecule has 0 aliphatic carbocycles. The summed E-state index contributed by atoms with van der Waals surface area (Å²) >= 11 is 3.30. The lowest BCUT2D eigenvalue weighted by Crippen LogP contribution is -1.97. The van der Waals surface area contributed by atoms with Gasteiger partial charge in [-0.3, -0.25) is 0 Å². The Kier molecular flexibility index (Phi) is 6.08. The Morgan fingerprint density at radius 2 is 1.58 bits per heavy atom. The maximum Gasteiger partial charge on any atom is 0.143 e. The Balaban J connectivity index is 0.000000185. The zero-order valence-corrected chi connectivity index (χ0v) is 15.0. The van der Waals surface area contributed by atoms with E-state index in [1.165, 1.54) is 0 Å². The highest BCUT2D eigenvalue weighted by Gasteiger charge is 2.02. The van der Waals surface area contributed by atoms with Crippen molar-refractivity contribution in [3.8, 4) is 17.2 Å². The molecule has 6 nitrogen and oxygen atoms in total. The van der Waals surface area contributed by atoms with E-state index in [0.717, 1.165) is 10.2 Å². The molecule has 2 aromatic carbocycles. The number of nitrogens with zero attached hydrogens (tertiary/aromatic N) is 2. The summed E-state index contributed by atoms with van der Waals surface area (Å²) in [4.78, 5) is 0. The van der Waals surface area contributed by atoms with Crippen LogP contribution in [-0.2, 0) is 0 Å². The number of hydrogen-bond donors (Lipinski definition) is 2. The Labute approximate surface area is 149 Å². The van der Waals surface area contributed by atoms with Crippen molar-refractivity contribution in [2.45, 2.75) is 0 Å². The first-order valence-corrected chi connectivity index (χ1v) is 7.87. The molecular weight excluding hydrogens is 372 g/mol. The Morgan fingerprint density at radius 1 is 0.958 bits per heavy atom. The van der Waals surface area contributed by atoms with Gasteiger partial charge in [-0.2, -0.15) is 5.10 Å². The number of benzene rings is 2. The molecule has 7 heteroatoms. The van der Waals surface area contributed by atoms with Gasteiger partial charge in [0.25, 0.3) is 0 Å². The molecule has 0 atom stereocenters. The normalized spacial score (nSPS) is 9.79. The summed E-state index contributed by atoms with van der Waals surface area (Å²) in [6, 6.07) is 12.9. The van der Waals surface area contributed by atoms with E-state index in [2.05, 4.69) is 21.0 Å². The van der Waals surface area contributed by atoms with Crippen molar-refractivity contribution >= 4 is 27.3 Å². The number of ether oxygens (including phenoxy) is 2. The summed E-state index contributed by atoms with van der Waals surface area (Å²) in [5.74, 6) is 1.37. The number of nitrogen functional groups attached to an aromatic ring is 2. The van der Waals surface area contributed by atoms with Gasteiger partial charge in [0, 0.05) is 22.9 Å². The van der Waals surface area contributed by atoms with Gasteiger partial charge < -0.3 is 20.9 Å². The second kappa shape index (κ2) is 8.26. The van der Waals surface area contributed by atoms with Crippen LogP contribution in [0.5, 0.6) is 11.5 Å². The van der Waals surface area contributed by atoms with Gasteiger partial charge in [-0.05, 0) is 36.4 Å². The minimum absolute atomic E-state index is 0.628. The molecule has 1 aromatic heterocycles. The summed E-state index contributed by atoms with van der Waals surface area (Å²) in [6.45, 7) is 0. The predicted octanol–water partition coefficient (Wildman–Crippen LogP) is 3.50. The summed E-state index contributed by atoms with van der Waals surface area (Å²) in [5.41, 5.74) is 13.5. The average Bonchev–Trinajstić information content (AvgIpc) is 3.12. The zero-order valence-electron chi connectivity index (χ0n) is 13.4. The second-order valence-corrected chi connectivity index (χ2v) is 5.68. The van der Waals surface area contributed by atoms with Crippen LogP contribution < -0.4 is 20.9 Å². The molecule has 0 aliphatic heterocycles. The van der Waals surface area contributed by atoms with Gasteiger partial charge in [-0.1, -0.05) is 15.9 Å². The molecule has 0 bridgehead atoms. The second-order valence-electron chi connectivity index (χ2n) is 4.76. The number of methoxy groups -OCH3 is 2. The molecule has 0 amide bonds. The lowest BCUT2D eigenvalue weighted by atomic mass is 10.2. The molecule has 126 valence electrons. The highest BCUT2D eigenvalue weighted by molar-refractivity contribution is 9.10. The first-order chi connectivity index (χ1) is 11.5. The third-order valence-corrected chi connectivity index (χ3v) is 3.67. The number of hydrogen-bond acceptors (Lipinski definition) is 5. The summed E-state index contributed by atoms with van der Waals surface area (Å²) in [5, 5.41) is 4.11. The Bertz CT molecular complexity index is 791. The molecule has 0 unspecified atom stereocenters. The highest BCUT2D eigenvalue weighted by atomic mass is 79.9. The van der Waals surface area contributed by atoms with E-state index in [4.69, 9.17) is 20.9 Å². The van der Waals surface area contributed by atoms with Gasteiger partial charge in [-0.15, -0.1) is 0 Å². The molecule has 0 spiro atoms.